The minimum Gasteiger partial charge on any atom is -0.481 e. The van der Waals surface area contributed by atoms with E-state index < -0.39 is 12.2 Å². The highest BCUT2D eigenvalue weighted by atomic mass is 16.5. The highest BCUT2D eigenvalue weighted by molar-refractivity contribution is 5.80. The van der Waals surface area contributed by atoms with Gasteiger partial charge in [-0.15, -0.1) is 0 Å². The lowest BCUT2D eigenvalue weighted by Gasteiger charge is -2.19. The number of aliphatic hydroxyl groups excluding tert-OH is 1. The van der Waals surface area contributed by atoms with Gasteiger partial charge in [-0.2, -0.15) is 0 Å². The number of nitrogens with one attached hydrogen (secondary N) is 1. The van der Waals surface area contributed by atoms with E-state index in [-0.39, 0.29) is 5.91 Å². The molecule has 1 rings (SSSR count). The molecular formula is C16H25NO3. The summed E-state index contributed by atoms with van der Waals surface area (Å²) in [5.74, 6) is 0.828. The Balaban J connectivity index is 2.70. The Bertz CT molecular complexity index is 431. The van der Waals surface area contributed by atoms with Gasteiger partial charge >= 0.3 is 0 Å². The molecule has 2 atom stereocenters. The molecule has 0 heterocycles. The molecule has 1 amide bonds. The fourth-order valence-electron chi connectivity index (χ4n) is 1.78. The number of benzene rings is 1. The minimum atomic E-state index is -0.584. The largest absolute Gasteiger partial charge is 0.481 e. The van der Waals surface area contributed by atoms with Crippen LogP contribution < -0.4 is 10.1 Å². The Morgan fingerprint density at radius 3 is 2.55 bits per heavy atom. The molecule has 20 heavy (non-hydrogen) atoms. The van der Waals surface area contributed by atoms with E-state index in [0.29, 0.717) is 24.6 Å². The van der Waals surface area contributed by atoms with E-state index >= 15 is 0 Å². The summed E-state index contributed by atoms with van der Waals surface area (Å²) in [5, 5.41) is 12.8. The van der Waals surface area contributed by atoms with Crippen LogP contribution >= 0.6 is 0 Å². The normalized spacial score (nSPS) is 13.9. The van der Waals surface area contributed by atoms with E-state index in [2.05, 4.69) is 5.32 Å². The summed E-state index contributed by atoms with van der Waals surface area (Å²) in [6.45, 7) is 8.33. The maximum atomic E-state index is 11.9. The average Bonchev–Trinajstić information content (AvgIpc) is 2.44. The first-order valence-corrected chi connectivity index (χ1v) is 7.17. The number of aliphatic hydroxyl groups is 1. The zero-order chi connectivity index (χ0) is 15.1. The molecular weight excluding hydrogens is 254 g/mol. The predicted octanol–water partition coefficient (Wildman–Crippen LogP) is 2.67. The number of hydrogen-bond donors (Lipinski definition) is 2. The monoisotopic (exact) mass is 279 g/mol. The Hall–Kier alpha value is -1.55. The molecule has 1 aromatic carbocycles. The fraction of sp³-hybridized carbons (Fsp3) is 0.562. The number of rotatable bonds is 7. The van der Waals surface area contributed by atoms with Crippen LogP contribution in [0.15, 0.2) is 24.3 Å². The molecule has 0 aliphatic carbocycles. The third kappa shape index (κ3) is 4.85. The van der Waals surface area contributed by atoms with Crippen molar-refractivity contribution in [3.8, 4) is 5.75 Å². The molecule has 4 heteroatoms. The van der Waals surface area contributed by atoms with E-state index in [0.717, 1.165) is 5.56 Å². The van der Waals surface area contributed by atoms with Crippen molar-refractivity contribution in [2.45, 2.75) is 46.3 Å². The van der Waals surface area contributed by atoms with Crippen LogP contribution in [-0.4, -0.2) is 23.7 Å². The Kier molecular flexibility index (Phi) is 6.52. The third-order valence-electron chi connectivity index (χ3n) is 3.02. The molecule has 0 fully saturated rings. The number of para-hydroxylation sites is 1. The molecule has 0 aromatic heterocycles. The topological polar surface area (TPSA) is 58.6 Å². The van der Waals surface area contributed by atoms with E-state index in [1.54, 1.807) is 13.0 Å². The standard InChI is InChI=1S/C16H25NO3/c1-5-14(18)13-8-6-7-9-15(13)20-12(4)16(19)17-10-11(2)3/h6-9,11-12,14,18H,5,10H2,1-4H3,(H,17,19)/t12?,14-/m0/s1. The molecule has 112 valence electrons. The fourth-order valence-corrected chi connectivity index (χ4v) is 1.78. The lowest BCUT2D eigenvalue weighted by molar-refractivity contribution is -0.127. The molecule has 0 bridgehead atoms. The van der Waals surface area contributed by atoms with Crippen LogP contribution in [0.3, 0.4) is 0 Å². The van der Waals surface area contributed by atoms with E-state index in [1.165, 1.54) is 0 Å². The van der Waals surface area contributed by atoms with Gasteiger partial charge in [-0.1, -0.05) is 39.0 Å². The van der Waals surface area contributed by atoms with Crippen LogP contribution in [0.5, 0.6) is 5.75 Å². The summed E-state index contributed by atoms with van der Waals surface area (Å²) in [6, 6.07) is 7.28. The lowest BCUT2D eigenvalue weighted by atomic mass is 10.1. The maximum absolute atomic E-state index is 11.9. The van der Waals surface area contributed by atoms with Gasteiger partial charge in [0, 0.05) is 12.1 Å². The van der Waals surface area contributed by atoms with Crippen molar-refractivity contribution >= 4 is 5.91 Å². The third-order valence-corrected chi connectivity index (χ3v) is 3.02. The van der Waals surface area contributed by atoms with Crippen molar-refractivity contribution in [1.29, 1.82) is 0 Å². The number of amides is 1. The van der Waals surface area contributed by atoms with Crippen molar-refractivity contribution < 1.29 is 14.6 Å². The Morgan fingerprint density at radius 2 is 1.95 bits per heavy atom. The molecule has 0 aliphatic heterocycles. The van der Waals surface area contributed by atoms with Crippen LogP contribution in [0, 0.1) is 5.92 Å². The van der Waals surface area contributed by atoms with Crippen LogP contribution in [-0.2, 0) is 4.79 Å². The van der Waals surface area contributed by atoms with Crippen molar-refractivity contribution in [2.75, 3.05) is 6.54 Å². The summed E-state index contributed by atoms with van der Waals surface area (Å²) in [7, 11) is 0. The van der Waals surface area contributed by atoms with Crippen LogP contribution in [0.2, 0.25) is 0 Å². The quantitative estimate of drug-likeness (QED) is 0.806. The first-order chi connectivity index (χ1) is 9.45. The van der Waals surface area contributed by atoms with Gasteiger partial charge < -0.3 is 15.2 Å². The van der Waals surface area contributed by atoms with Gasteiger partial charge in [-0.25, -0.2) is 0 Å². The van der Waals surface area contributed by atoms with E-state index in [9.17, 15) is 9.90 Å². The molecule has 1 aromatic rings. The highest BCUT2D eigenvalue weighted by Gasteiger charge is 2.18. The average molecular weight is 279 g/mol. The summed E-state index contributed by atoms with van der Waals surface area (Å²) < 4.78 is 5.69. The first kappa shape index (κ1) is 16.5. The Labute approximate surface area is 121 Å². The van der Waals surface area contributed by atoms with Crippen LogP contribution in [0.1, 0.15) is 45.8 Å². The van der Waals surface area contributed by atoms with Gasteiger partial charge in [0.2, 0.25) is 0 Å². The van der Waals surface area contributed by atoms with Gasteiger partial charge in [0.05, 0.1) is 6.10 Å². The minimum absolute atomic E-state index is 0.139. The summed E-state index contributed by atoms with van der Waals surface area (Å²) in [6.07, 6.45) is -0.551. The summed E-state index contributed by atoms with van der Waals surface area (Å²) in [4.78, 5) is 11.9. The zero-order valence-electron chi connectivity index (χ0n) is 12.7. The molecule has 0 saturated carbocycles. The van der Waals surface area contributed by atoms with E-state index in [1.807, 2.05) is 39.0 Å². The van der Waals surface area contributed by atoms with Gasteiger partial charge in [0.25, 0.3) is 5.91 Å². The molecule has 2 N–H and O–H groups in total. The van der Waals surface area contributed by atoms with Gasteiger partial charge in [0.15, 0.2) is 6.10 Å². The molecule has 0 spiro atoms. The molecule has 1 unspecified atom stereocenters. The molecule has 4 nitrogen and oxygen atoms in total. The second-order valence-corrected chi connectivity index (χ2v) is 5.36. The number of carbonyl (C=O) groups is 1. The van der Waals surface area contributed by atoms with Crippen molar-refractivity contribution in [2.24, 2.45) is 5.92 Å². The predicted molar refractivity (Wildman–Crippen MR) is 79.6 cm³/mol. The zero-order valence-corrected chi connectivity index (χ0v) is 12.7. The molecule has 0 aliphatic rings. The van der Waals surface area contributed by atoms with Crippen LogP contribution in [0.4, 0.5) is 0 Å². The highest BCUT2D eigenvalue weighted by Crippen LogP contribution is 2.27. The SMILES string of the molecule is CC[C@H](O)c1ccccc1OC(C)C(=O)NCC(C)C. The van der Waals surface area contributed by atoms with Crippen molar-refractivity contribution in [3.63, 3.8) is 0 Å². The number of carbonyl (C=O) groups excluding carboxylic acids is 1. The van der Waals surface area contributed by atoms with Crippen molar-refractivity contribution in [3.05, 3.63) is 29.8 Å². The van der Waals surface area contributed by atoms with Gasteiger partial charge in [-0.05, 0) is 25.3 Å². The lowest BCUT2D eigenvalue weighted by Crippen LogP contribution is -2.38. The second kappa shape index (κ2) is 7.90. The first-order valence-electron chi connectivity index (χ1n) is 7.17. The van der Waals surface area contributed by atoms with E-state index in [4.69, 9.17) is 4.74 Å². The van der Waals surface area contributed by atoms with Gasteiger partial charge in [-0.3, -0.25) is 4.79 Å². The molecule has 0 radical (unpaired) electrons. The van der Waals surface area contributed by atoms with Crippen LogP contribution in [0.25, 0.3) is 0 Å². The number of hydrogen-bond acceptors (Lipinski definition) is 3. The summed E-state index contributed by atoms with van der Waals surface area (Å²) >= 11 is 0. The Morgan fingerprint density at radius 1 is 1.30 bits per heavy atom. The molecule has 0 saturated heterocycles. The van der Waals surface area contributed by atoms with Crippen molar-refractivity contribution in [1.82, 2.24) is 5.32 Å². The summed E-state index contributed by atoms with van der Waals surface area (Å²) in [5.41, 5.74) is 0.721. The smallest absolute Gasteiger partial charge is 0.260 e. The second-order valence-electron chi connectivity index (χ2n) is 5.36. The van der Waals surface area contributed by atoms with Gasteiger partial charge in [0.1, 0.15) is 5.75 Å². The number of ether oxygens (including phenoxy) is 1. The maximum Gasteiger partial charge on any atom is 0.260 e.